The van der Waals surface area contributed by atoms with Gasteiger partial charge in [-0.3, -0.25) is 19.1 Å². The number of ether oxygens (including phenoxy) is 2. The number of aromatic amines is 1. The van der Waals surface area contributed by atoms with Crippen LogP contribution in [0.3, 0.4) is 0 Å². The Kier molecular flexibility index (Phi) is 7.39. The van der Waals surface area contributed by atoms with Crippen LogP contribution in [0.1, 0.15) is 12.5 Å². The van der Waals surface area contributed by atoms with Gasteiger partial charge in [0.25, 0.3) is 5.56 Å². The highest BCUT2D eigenvalue weighted by molar-refractivity contribution is 5.94. The lowest BCUT2D eigenvalue weighted by Crippen LogP contribution is -2.41. The summed E-state index contributed by atoms with van der Waals surface area (Å²) in [6.07, 6.45) is 0. The number of H-pyrrole nitrogens is 1. The van der Waals surface area contributed by atoms with Crippen molar-refractivity contribution in [1.29, 1.82) is 0 Å². The highest BCUT2D eigenvalue weighted by Crippen LogP contribution is 2.29. The number of nitrogens with zero attached hydrogens (tertiary/aromatic N) is 2. The first-order chi connectivity index (χ1) is 15.9. The molecule has 0 radical (unpaired) electrons. The predicted molar refractivity (Wildman–Crippen MR) is 127 cm³/mol. The predicted octanol–water partition coefficient (Wildman–Crippen LogP) is 1.65. The zero-order valence-corrected chi connectivity index (χ0v) is 18.8. The first-order valence-electron chi connectivity index (χ1n) is 10.3. The van der Waals surface area contributed by atoms with Gasteiger partial charge in [0.15, 0.2) is 11.5 Å². The van der Waals surface area contributed by atoms with Gasteiger partial charge in [-0.15, -0.1) is 0 Å². The number of hydrogen-bond acceptors (Lipinski definition) is 7. The van der Waals surface area contributed by atoms with Crippen LogP contribution >= 0.6 is 0 Å². The number of nitrogens with two attached hydrogens (primary N) is 1. The summed E-state index contributed by atoms with van der Waals surface area (Å²) >= 11 is 0. The maximum atomic E-state index is 12.7. The molecule has 0 saturated carbocycles. The first kappa shape index (κ1) is 23.5. The number of hydrogen-bond donors (Lipinski definition) is 3. The van der Waals surface area contributed by atoms with Gasteiger partial charge in [0.2, 0.25) is 5.91 Å². The summed E-state index contributed by atoms with van der Waals surface area (Å²) in [5, 5.41) is 2.77. The van der Waals surface area contributed by atoms with Crippen molar-refractivity contribution in [1.82, 2.24) is 9.55 Å². The fourth-order valence-electron chi connectivity index (χ4n) is 3.44. The smallest absolute Gasteiger partial charge is 0.330 e. The molecule has 0 unspecified atom stereocenters. The van der Waals surface area contributed by atoms with Gasteiger partial charge in [-0.2, -0.15) is 0 Å². The molecule has 3 rings (SSSR count). The number of nitrogen functional groups attached to an aromatic ring is 1. The van der Waals surface area contributed by atoms with E-state index < -0.39 is 11.2 Å². The molecule has 3 aromatic rings. The molecule has 1 amide bonds. The second-order valence-corrected chi connectivity index (χ2v) is 7.20. The van der Waals surface area contributed by atoms with E-state index in [0.29, 0.717) is 23.7 Å². The van der Waals surface area contributed by atoms with Crippen LogP contribution in [0.2, 0.25) is 0 Å². The molecule has 0 fully saturated rings. The molecule has 0 spiro atoms. The first-order valence-corrected chi connectivity index (χ1v) is 10.3. The average molecular weight is 453 g/mol. The number of amides is 1. The minimum absolute atomic E-state index is 0.00614. The van der Waals surface area contributed by atoms with E-state index in [0.717, 1.165) is 5.56 Å². The van der Waals surface area contributed by atoms with E-state index >= 15 is 0 Å². The molecule has 0 aliphatic heterocycles. The summed E-state index contributed by atoms with van der Waals surface area (Å²) in [5.41, 5.74) is 6.40. The molecule has 10 heteroatoms. The van der Waals surface area contributed by atoms with E-state index in [1.807, 2.05) is 30.3 Å². The molecule has 33 heavy (non-hydrogen) atoms. The Morgan fingerprint density at radius 1 is 1.09 bits per heavy atom. The minimum atomic E-state index is -0.650. The standard InChI is InChI=1S/C23H27N5O5/c1-4-27(14-19(29)25-16-10-11-17(32-2)18(12-16)33-3)20-21(24)28(23(31)26-22(20)30)13-15-8-6-5-7-9-15/h5-12H,4,13-14,24H2,1-3H3,(H,25,29)(H,26,30,31). The molecular formula is C23H27N5O5. The molecule has 0 aliphatic carbocycles. The second kappa shape index (κ2) is 10.4. The molecule has 1 aromatic heterocycles. The highest BCUT2D eigenvalue weighted by Gasteiger charge is 2.20. The molecule has 0 atom stereocenters. The van der Waals surface area contributed by atoms with E-state index in [1.54, 1.807) is 25.1 Å². The zero-order chi connectivity index (χ0) is 24.0. The quantitative estimate of drug-likeness (QED) is 0.449. The number of aromatic nitrogens is 2. The molecule has 2 aromatic carbocycles. The normalized spacial score (nSPS) is 10.5. The van der Waals surface area contributed by atoms with Crippen molar-refractivity contribution < 1.29 is 14.3 Å². The number of rotatable bonds is 9. The largest absolute Gasteiger partial charge is 0.493 e. The van der Waals surface area contributed by atoms with Crippen LogP contribution < -0.4 is 36.7 Å². The lowest BCUT2D eigenvalue weighted by Gasteiger charge is -2.24. The van der Waals surface area contributed by atoms with Gasteiger partial charge < -0.3 is 25.4 Å². The van der Waals surface area contributed by atoms with Gasteiger partial charge in [-0.1, -0.05) is 30.3 Å². The summed E-state index contributed by atoms with van der Waals surface area (Å²) in [6, 6.07) is 14.2. The van der Waals surface area contributed by atoms with Crippen molar-refractivity contribution in [3.63, 3.8) is 0 Å². The Morgan fingerprint density at radius 3 is 2.42 bits per heavy atom. The van der Waals surface area contributed by atoms with E-state index in [9.17, 15) is 14.4 Å². The van der Waals surface area contributed by atoms with Crippen LogP contribution in [0.5, 0.6) is 11.5 Å². The molecule has 0 bridgehead atoms. The van der Waals surface area contributed by atoms with E-state index in [4.69, 9.17) is 15.2 Å². The molecule has 0 aliphatic rings. The number of methoxy groups -OCH3 is 2. The topological polar surface area (TPSA) is 132 Å². The zero-order valence-electron chi connectivity index (χ0n) is 18.8. The van der Waals surface area contributed by atoms with Gasteiger partial charge in [0.1, 0.15) is 11.5 Å². The summed E-state index contributed by atoms with van der Waals surface area (Å²) < 4.78 is 11.7. The number of likely N-dealkylation sites (N-methyl/N-ethyl adjacent to an activating group) is 1. The van der Waals surface area contributed by atoms with Crippen molar-refractivity contribution in [3.05, 3.63) is 74.9 Å². The number of carbonyl (C=O) groups excluding carboxylic acids is 1. The lowest BCUT2D eigenvalue weighted by molar-refractivity contribution is -0.115. The maximum absolute atomic E-state index is 12.7. The third-order valence-electron chi connectivity index (χ3n) is 5.10. The molecule has 10 nitrogen and oxygen atoms in total. The van der Waals surface area contributed by atoms with Crippen LogP contribution in [0.15, 0.2) is 58.1 Å². The van der Waals surface area contributed by atoms with Crippen LogP contribution in [-0.4, -0.2) is 42.8 Å². The number of nitrogens with one attached hydrogen (secondary N) is 2. The third-order valence-corrected chi connectivity index (χ3v) is 5.10. The average Bonchev–Trinajstić information content (AvgIpc) is 2.81. The number of benzene rings is 2. The van der Waals surface area contributed by atoms with Crippen molar-refractivity contribution in [2.24, 2.45) is 0 Å². The Morgan fingerprint density at radius 2 is 1.79 bits per heavy atom. The van der Waals surface area contributed by atoms with Crippen molar-refractivity contribution in [3.8, 4) is 11.5 Å². The number of anilines is 3. The van der Waals surface area contributed by atoms with Crippen LogP contribution in [0.25, 0.3) is 0 Å². The Balaban J connectivity index is 1.85. The van der Waals surface area contributed by atoms with Gasteiger partial charge in [-0.05, 0) is 24.6 Å². The highest BCUT2D eigenvalue weighted by atomic mass is 16.5. The van der Waals surface area contributed by atoms with E-state index in [2.05, 4.69) is 10.3 Å². The van der Waals surface area contributed by atoms with Crippen molar-refractivity contribution in [2.45, 2.75) is 13.5 Å². The van der Waals surface area contributed by atoms with Gasteiger partial charge in [0, 0.05) is 18.3 Å². The molecule has 0 saturated heterocycles. The molecule has 1 heterocycles. The Bertz CT molecular complexity index is 1240. The Labute approximate surface area is 190 Å². The van der Waals surface area contributed by atoms with Crippen LogP contribution in [0.4, 0.5) is 17.2 Å². The fraction of sp³-hybridized carbons (Fsp3) is 0.261. The van der Waals surface area contributed by atoms with Crippen molar-refractivity contribution in [2.75, 3.05) is 43.3 Å². The lowest BCUT2D eigenvalue weighted by atomic mass is 10.2. The van der Waals surface area contributed by atoms with Crippen molar-refractivity contribution >= 4 is 23.1 Å². The minimum Gasteiger partial charge on any atom is -0.493 e. The maximum Gasteiger partial charge on any atom is 0.330 e. The van der Waals surface area contributed by atoms with E-state index in [-0.39, 0.29) is 30.5 Å². The van der Waals surface area contributed by atoms with Gasteiger partial charge in [0.05, 0.1) is 27.3 Å². The fourth-order valence-corrected chi connectivity index (χ4v) is 3.44. The molecule has 4 N–H and O–H groups in total. The third kappa shape index (κ3) is 5.35. The number of carbonyl (C=O) groups is 1. The van der Waals surface area contributed by atoms with Gasteiger partial charge in [-0.25, -0.2) is 4.79 Å². The Hall–Kier alpha value is -4.21. The van der Waals surface area contributed by atoms with Gasteiger partial charge >= 0.3 is 5.69 Å². The second-order valence-electron chi connectivity index (χ2n) is 7.20. The van der Waals surface area contributed by atoms with Crippen LogP contribution in [0, 0.1) is 0 Å². The summed E-state index contributed by atoms with van der Waals surface area (Å²) in [7, 11) is 3.02. The summed E-state index contributed by atoms with van der Waals surface area (Å²) in [6.45, 7) is 2.14. The van der Waals surface area contributed by atoms with E-state index in [1.165, 1.54) is 23.7 Å². The SMILES string of the molecule is CCN(CC(=O)Nc1ccc(OC)c(OC)c1)c1c(N)n(Cc2ccccc2)c(=O)[nH]c1=O. The molecular weight excluding hydrogens is 426 g/mol. The molecule has 174 valence electrons. The van der Waals surface area contributed by atoms with Crippen LogP contribution in [-0.2, 0) is 11.3 Å². The monoisotopic (exact) mass is 453 g/mol. The summed E-state index contributed by atoms with van der Waals surface area (Å²) in [5.74, 6) is 0.624. The summed E-state index contributed by atoms with van der Waals surface area (Å²) in [4.78, 5) is 41.6.